The van der Waals surface area contributed by atoms with Crippen LogP contribution in [-0.2, 0) is 0 Å². The van der Waals surface area contributed by atoms with Crippen molar-refractivity contribution in [3.8, 4) is 11.8 Å². The van der Waals surface area contributed by atoms with Crippen LogP contribution >= 0.6 is 11.6 Å². The topological polar surface area (TPSA) is 49.3 Å². The summed E-state index contributed by atoms with van der Waals surface area (Å²) in [7, 11) is 0. The lowest BCUT2D eigenvalue weighted by atomic mass is 10.1. The Labute approximate surface area is 128 Å². The summed E-state index contributed by atoms with van der Waals surface area (Å²) < 4.78 is 0. The number of aliphatic hydroxyl groups excluding tert-OH is 1. The molecule has 4 heteroatoms. The van der Waals surface area contributed by atoms with Crippen molar-refractivity contribution >= 4 is 23.2 Å². The average molecular weight is 300 g/mol. The number of aryl methyl sites for hydroxylation is 1. The SMILES string of the molecule is Cc1cc(C#CCO)ccc1NC(=O)c1ccccc1Cl. The number of carbonyl (C=O) groups is 1. The van der Waals surface area contributed by atoms with Gasteiger partial charge in [-0.15, -0.1) is 0 Å². The molecule has 0 aromatic heterocycles. The Morgan fingerprint density at radius 1 is 1.29 bits per heavy atom. The molecule has 0 aliphatic rings. The molecule has 2 aromatic rings. The summed E-state index contributed by atoms with van der Waals surface area (Å²) in [5.41, 5.74) is 2.81. The fraction of sp³-hybridized carbons (Fsp3) is 0.118. The van der Waals surface area contributed by atoms with Gasteiger partial charge in [-0.1, -0.05) is 35.6 Å². The number of benzene rings is 2. The van der Waals surface area contributed by atoms with E-state index in [1.807, 2.05) is 13.0 Å². The number of rotatable bonds is 2. The Kier molecular flexibility index (Phi) is 4.99. The third-order valence-electron chi connectivity index (χ3n) is 2.90. The number of nitrogens with one attached hydrogen (secondary N) is 1. The summed E-state index contributed by atoms with van der Waals surface area (Å²) in [5, 5.41) is 11.9. The van der Waals surface area contributed by atoms with Crippen LogP contribution in [0.1, 0.15) is 21.5 Å². The predicted molar refractivity (Wildman–Crippen MR) is 84.5 cm³/mol. The molecule has 2 aromatic carbocycles. The van der Waals surface area contributed by atoms with Crippen molar-refractivity contribution < 1.29 is 9.90 Å². The second-order valence-electron chi connectivity index (χ2n) is 4.42. The third-order valence-corrected chi connectivity index (χ3v) is 3.23. The molecule has 0 radical (unpaired) electrons. The Morgan fingerprint density at radius 3 is 2.71 bits per heavy atom. The fourth-order valence-corrected chi connectivity index (χ4v) is 2.08. The van der Waals surface area contributed by atoms with Crippen molar-refractivity contribution in [2.24, 2.45) is 0 Å². The van der Waals surface area contributed by atoms with Gasteiger partial charge in [0.25, 0.3) is 5.91 Å². The second kappa shape index (κ2) is 6.94. The van der Waals surface area contributed by atoms with Crippen LogP contribution in [0.5, 0.6) is 0 Å². The maximum atomic E-state index is 12.2. The Morgan fingerprint density at radius 2 is 2.05 bits per heavy atom. The smallest absolute Gasteiger partial charge is 0.257 e. The average Bonchev–Trinajstić information content (AvgIpc) is 2.48. The van der Waals surface area contributed by atoms with E-state index in [9.17, 15) is 4.79 Å². The number of amides is 1. The molecule has 0 bridgehead atoms. The van der Waals surface area contributed by atoms with Crippen LogP contribution in [0.25, 0.3) is 0 Å². The predicted octanol–water partition coefficient (Wildman–Crippen LogP) is 3.24. The number of carbonyl (C=O) groups excluding carboxylic acids is 1. The highest BCUT2D eigenvalue weighted by molar-refractivity contribution is 6.34. The van der Waals surface area contributed by atoms with Crippen LogP contribution in [0.4, 0.5) is 5.69 Å². The first-order valence-electron chi connectivity index (χ1n) is 6.38. The maximum Gasteiger partial charge on any atom is 0.257 e. The maximum absolute atomic E-state index is 12.2. The van der Waals surface area contributed by atoms with Gasteiger partial charge in [0.1, 0.15) is 6.61 Å². The van der Waals surface area contributed by atoms with Crippen molar-refractivity contribution in [2.45, 2.75) is 6.92 Å². The molecular formula is C17H14ClNO2. The zero-order valence-electron chi connectivity index (χ0n) is 11.5. The highest BCUT2D eigenvalue weighted by Gasteiger charge is 2.10. The van der Waals surface area contributed by atoms with E-state index in [0.717, 1.165) is 11.1 Å². The molecule has 0 heterocycles. The number of aliphatic hydroxyl groups is 1. The summed E-state index contributed by atoms with van der Waals surface area (Å²) in [6.45, 7) is 1.70. The van der Waals surface area contributed by atoms with E-state index in [1.165, 1.54) is 0 Å². The summed E-state index contributed by atoms with van der Waals surface area (Å²) in [6, 6.07) is 12.3. The Bertz CT molecular complexity index is 729. The molecule has 0 aliphatic carbocycles. The molecule has 0 unspecified atom stereocenters. The monoisotopic (exact) mass is 299 g/mol. The lowest BCUT2D eigenvalue weighted by Gasteiger charge is -2.09. The lowest BCUT2D eigenvalue weighted by molar-refractivity contribution is 0.102. The van der Waals surface area contributed by atoms with E-state index in [2.05, 4.69) is 17.2 Å². The molecule has 2 rings (SSSR count). The summed E-state index contributed by atoms with van der Waals surface area (Å²) >= 11 is 6.00. The van der Waals surface area contributed by atoms with Crippen molar-refractivity contribution in [3.63, 3.8) is 0 Å². The molecule has 21 heavy (non-hydrogen) atoms. The van der Waals surface area contributed by atoms with Gasteiger partial charge in [0.2, 0.25) is 0 Å². The number of halogens is 1. The fourth-order valence-electron chi connectivity index (χ4n) is 1.86. The van der Waals surface area contributed by atoms with E-state index in [0.29, 0.717) is 16.3 Å². The van der Waals surface area contributed by atoms with Crippen LogP contribution in [0.2, 0.25) is 5.02 Å². The van der Waals surface area contributed by atoms with Crippen LogP contribution in [0.15, 0.2) is 42.5 Å². The molecule has 0 saturated carbocycles. The van der Waals surface area contributed by atoms with Crippen molar-refractivity contribution in [1.82, 2.24) is 0 Å². The minimum absolute atomic E-state index is 0.177. The normalized spacial score (nSPS) is 9.67. The van der Waals surface area contributed by atoms with Crippen LogP contribution in [0.3, 0.4) is 0 Å². The Hall–Kier alpha value is -2.28. The molecule has 0 atom stereocenters. The van der Waals surface area contributed by atoms with Gasteiger partial charge < -0.3 is 10.4 Å². The molecule has 1 amide bonds. The molecule has 2 N–H and O–H groups in total. The quantitative estimate of drug-likeness (QED) is 0.836. The summed E-state index contributed by atoms with van der Waals surface area (Å²) in [5.74, 6) is 5.16. The minimum Gasteiger partial charge on any atom is -0.384 e. The van der Waals surface area contributed by atoms with E-state index in [4.69, 9.17) is 16.7 Å². The van der Waals surface area contributed by atoms with Gasteiger partial charge in [-0.3, -0.25) is 4.79 Å². The highest BCUT2D eigenvalue weighted by Crippen LogP contribution is 2.20. The summed E-state index contributed by atoms with van der Waals surface area (Å²) in [4.78, 5) is 12.2. The van der Waals surface area contributed by atoms with Crippen LogP contribution in [-0.4, -0.2) is 17.6 Å². The first-order chi connectivity index (χ1) is 10.1. The third kappa shape index (κ3) is 3.85. The van der Waals surface area contributed by atoms with Gasteiger partial charge in [0, 0.05) is 11.3 Å². The van der Waals surface area contributed by atoms with Gasteiger partial charge in [-0.05, 0) is 42.8 Å². The van der Waals surface area contributed by atoms with Gasteiger partial charge in [0.05, 0.1) is 10.6 Å². The van der Waals surface area contributed by atoms with Gasteiger partial charge in [0.15, 0.2) is 0 Å². The summed E-state index contributed by atoms with van der Waals surface area (Å²) in [6.07, 6.45) is 0. The Balaban J connectivity index is 2.20. The first-order valence-corrected chi connectivity index (χ1v) is 6.76. The van der Waals surface area contributed by atoms with Gasteiger partial charge >= 0.3 is 0 Å². The number of anilines is 1. The van der Waals surface area contributed by atoms with E-state index < -0.39 is 0 Å². The molecular weight excluding hydrogens is 286 g/mol. The molecule has 3 nitrogen and oxygen atoms in total. The molecule has 0 aliphatic heterocycles. The van der Waals surface area contributed by atoms with Crippen LogP contribution in [0, 0.1) is 18.8 Å². The lowest BCUT2D eigenvalue weighted by Crippen LogP contribution is -2.13. The van der Waals surface area contributed by atoms with Gasteiger partial charge in [-0.25, -0.2) is 0 Å². The largest absolute Gasteiger partial charge is 0.384 e. The van der Waals surface area contributed by atoms with Crippen molar-refractivity contribution in [3.05, 3.63) is 64.2 Å². The number of hydrogen-bond donors (Lipinski definition) is 2. The van der Waals surface area contributed by atoms with Crippen LogP contribution < -0.4 is 5.32 Å². The molecule has 0 saturated heterocycles. The van der Waals surface area contributed by atoms with E-state index in [1.54, 1.807) is 36.4 Å². The first kappa shape index (κ1) is 15.1. The van der Waals surface area contributed by atoms with E-state index >= 15 is 0 Å². The zero-order valence-corrected chi connectivity index (χ0v) is 12.2. The molecule has 0 spiro atoms. The molecule has 106 valence electrons. The molecule has 0 fully saturated rings. The number of hydrogen-bond acceptors (Lipinski definition) is 2. The van der Waals surface area contributed by atoms with Gasteiger partial charge in [-0.2, -0.15) is 0 Å². The van der Waals surface area contributed by atoms with Crippen molar-refractivity contribution in [2.75, 3.05) is 11.9 Å². The van der Waals surface area contributed by atoms with Crippen molar-refractivity contribution in [1.29, 1.82) is 0 Å². The standard InChI is InChI=1S/C17H14ClNO2/c1-12-11-13(5-4-10-20)8-9-16(12)19-17(21)14-6-2-3-7-15(14)18/h2-3,6-9,11,20H,10H2,1H3,(H,19,21). The minimum atomic E-state index is -0.252. The van der Waals surface area contributed by atoms with E-state index in [-0.39, 0.29) is 12.5 Å². The second-order valence-corrected chi connectivity index (χ2v) is 4.83. The zero-order chi connectivity index (χ0) is 15.2. The highest BCUT2D eigenvalue weighted by atomic mass is 35.5.